The summed E-state index contributed by atoms with van der Waals surface area (Å²) in [6.45, 7) is -0.196. The van der Waals surface area contributed by atoms with Crippen LogP contribution in [0.4, 0.5) is 24.9 Å². The molecule has 1 rings (SSSR count). The molecule has 3 N–H and O–H groups in total. The molecule has 102 valence electrons. The fourth-order valence-corrected chi connectivity index (χ4v) is 1.57. The number of aromatic nitrogens is 2. The van der Waals surface area contributed by atoms with Crippen LogP contribution in [0.2, 0.25) is 0 Å². The summed E-state index contributed by atoms with van der Waals surface area (Å²) < 4.78 is 59.4. The van der Waals surface area contributed by atoms with E-state index in [1.807, 2.05) is 0 Å². The predicted octanol–water partition coefficient (Wildman–Crippen LogP) is 0.534. The first-order valence-corrected chi connectivity index (χ1v) is 6.77. The Morgan fingerprint density at radius 1 is 1.44 bits per heavy atom. The van der Waals surface area contributed by atoms with Crippen molar-refractivity contribution in [2.75, 3.05) is 29.6 Å². The average molecular weight is 284 g/mol. The Balaban J connectivity index is 2.90. The highest BCUT2D eigenvalue weighted by atomic mass is 32.2. The number of nitrogens with two attached hydrogens (primary N) is 1. The van der Waals surface area contributed by atoms with Gasteiger partial charge in [-0.3, -0.25) is 0 Å². The minimum atomic E-state index is -4.64. The lowest BCUT2D eigenvalue weighted by Crippen LogP contribution is -2.19. The first kappa shape index (κ1) is 14.5. The largest absolute Gasteiger partial charge is 0.421 e. The summed E-state index contributed by atoms with van der Waals surface area (Å²) in [5.41, 5.74) is 4.09. The number of rotatable bonds is 4. The smallest absolute Gasteiger partial charge is 0.368 e. The second-order valence-corrected chi connectivity index (χ2v) is 5.80. The zero-order valence-corrected chi connectivity index (χ0v) is 10.1. The number of alkyl halides is 3. The first-order valence-electron chi connectivity index (χ1n) is 4.71. The summed E-state index contributed by atoms with van der Waals surface area (Å²) in [5.74, 6) is -1.17. The molecule has 0 atom stereocenters. The maximum Gasteiger partial charge on any atom is 0.421 e. The number of hydrogen-bond acceptors (Lipinski definition) is 6. The molecule has 0 aromatic carbocycles. The zero-order valence-electron chi connectivity index (χ0n) is 9.32. The molecule has 0 saturated heterocycles. The molecule has 0 spiro atoms. The van der Waals surface area contributed by atoms with Gasteiger partial charge in [-0.25, -0.2) is 13.4 Å². The van der Waals surface area contributed by atoms with Crippen molar-refractivity contribution in [3.8, 4) is 0 Å². The second-order valence-electron chi connectivity index (χ2n) is 3.54. The van der Waals surface area contributed by atoms with Gasteiger partial charge in [-0.1, -0.05) is 0 Å². The van der Waals surface area contributed by atoms with Gasteiger partial charge in [0.05, 0.1) is 5.75 Å². The Labute approximate surface area is 101 Å². The standard InChI is InChI=1S/C8H11F3N4O2S/c1-18(16,17)3-2-13-6-5(8(9,10)11)4-14-7(12)15-6/h4H,2-3H2,1H3,(H3,12,13,14,15). The summed E-state index contributed by atoms with van der Waals surface area (Å²) in [7, 11) is -3.27. The topological polar surface area (TPSA) is 98.0 Å². The van der Waals surface area contributed by atoms with Crippen LogP contribution in [-0.2, 0) is 16.0 Å². The molecule has 6 nitrogen and oxygen atoms in total. The molecule has 1 heterocycles. The third kappa shape index (κ3) is 4.35. The van der Waals surface area contributed by atoms with Crippen molar-refractivity contribution >= 4 is 21.6 Å². The lowest BCUT2D eigenvalue weighted by Gasteiger charge is -2.12. The maximum absolute atomic E-state index is 12.6. The number of nitrogens with one attached hydrogen (secondary N) is 1. The van der Waals surface area contributed by atoms with E-state index in [1.54, 1.807) is 0 Å². The van der Waals surface area contributed by atoms with Crippen LogP contribution in [-0.4, -0.2) is 36.9 Å². The first-order chi connectivity index (χ1) is 8.09. The van der Waals surface area contributed by atoms with Crippen molar-refractivity contribution < 1.29 is 21.6 Å². The zero-order chi connectivity index (χ0) is 14.0. The van der Waals surface area contributed by atoms with Gasteiger partial charge in [-0.05, 0) is 0 Å². The summed E-state index contributed by atoms with van der Waals surface area (Å²) in [6.07, 6.45) is -3.11. The van der Waals surface area contributed by atoms with Crippen LogP contribution >= 0.6 is 0 Å². The Morgan fingerprint density at radius 2 is 2.06 bits per heavy atom. The van der Waals surface area contributed by atoms with Gasteiger partial charge < -0.3 is 11.1 Å². The monoisotopic (exact) mass is 284 g/mol. The maximum atomic E-state index is 12.6. The number of halogens is 3. The van der Waals surface area contributed by atoms with E-state index in [4.69, 9.17) is 5.73 Å². The van der Waals surface area contributed by atoms with E-state index < -0.39 is 27.4 Å². The second kappa shape index (κ2) is 4.96. The number of hydrogen-bond donors (Lipinski definition) is 2. The highest BCUT2D eigenvalue weighted by molar-refractivity contribution is 7.90. The van der Waals surface area contributed by atoms with E-state index in [9.17, 15) is 21.6 Å². The van der Waals surface area contributed by atoms with Crippen LogP contribution in [0.3, 0.4) is 0 Å². The molecule has 10 heteroatoms. The van der Waals surface area contributed by atoms with Crippen LogP contribution < -0.4 is 11.1 Å². The summed E-state index contributed by atoms with van der Waals surface area (Å²) >= 11 is 0. The molecule has 0 aliphatic heterocycles. The Morgan fingerprint density at radius 3 is 2.56 bits per heavy atom. The van der Waals surface area contributed by atoms with Crippen LogP contribution in [0.25, 0.3) is 0 Å². The number of nitrogen functional groups attached to an aromatic ring is 1. The van der Waals surface area contributed by atoms with Crippen molar-refractivity contribution in [2.45, 2.75) is 6.18 Å². The molecule has 1 aromatic rings. The predicted molar refractivity (Wildman–Crippen MR) is 59.6 cm³/mol. The highest BCUT2D eigenvalue weighted by Crippen LogP contribution is 2.33. The van der Waals surface area contributed by atoms with E-state index in [0.717, 1.165) is 6.26 Å². The van der Waals surface area contributed by atoms with Crippen LogP contribution in [0.1, 0.15) is 5.56 Å². The minimum absolute atomic E-state index is 0.196. The molecule has 0 aliphatic carbocycles. The van der Waals surface area contributed by atoms with Gasteiger partial charge in [-0.15, -0.1) is 0 Å². The normalized spacial score (nSPS) is 12.4. The lowest BCUT2D eigenvalue weighted by atomic mass is 10.3. The average Bonchev–Trinajstić information content (AvgIpc) is 2.13. The van der Waals surface area contributed by atoms with Crippen LogP contribution in [0, 0.1) is 0 Å². The van der Waals surface area contributed by atoms with Crippen molar-refractivity contribution in [2.24, 2.45) is 0 Å². The third-order valence-electron chi connectivity index (χ3n) is 1.88. The van der Waals surface area contributed by atoms with Crippen molar-refractivity contribution in [3.05, 3.63) is 11.8 Å². The molecule has 0 saturated carbocycles. The lowest BCUT2D eigenvalue weighted by molar-refractivity contribution is -0.137. The minimum Gasteiger partial charge on any atom is -0.368 e. The van der Waals surface area contributed by atoms with Crippen molar-refractivity contribution in [1.82, 2.24) is 9.97 Å². The van der Waals surface area contributed by atoms with E-state index in [2.05, 4.69) is 15.3 Å². The van der Waals surface area contributed by atoms with Crippen LogP contribution in [0.5, 0.6) is 0 Å². The third-order valence-corrected chi connectivity index (χ3v) is 2.82. The highest BCUT2D eigenvalue weighted by Gasteiger charge is 2.35. The molecule has 0 amide bonds. The van der Waals surface area contributed by atoms with E-state index in [0.29, 0.717) is 6.20 Å². The molecule has 0 radical (unpaired) electrons. The van der Waals surface area contributed by atoms with Gasteiger partial charge in [0.25, 0.3) is 0 Å². The fourth-order valence-electron chi connectivity index (χ4n) is 1.09. The van der Waals surface area contributed by atoms with Crippen LogP contribution in [0.15, 0.2) is 6.20 Å². The summed E-state index contributed by atoms with van der Waals surface area (Å²) in [4.78, 5) is 6.65. The van der Waals surface area contributed by atoms with Crippen molar-refractivity contribution in [1.29, 1.82) is 0 Å². The quantitative estimate of drug-likeness (QED) is 0.837. The fraction of sp³-hybridized carbons (Fsp3) is 0.500. The number of anilines is 2. The van der Waals surface area contributed by atoms with E-state index in [-0.39, 0.29) is 18.2 Å². The van der Waals surface area contributed by atoms with E-state index in [1.165, 1.54) is 0 Å². The molecular weight excluding hydrogens is 273 g/mol. The van der Waals surface area contributed by atoms with Gasteiger partial charge in [0.15, 0.2) is 0 Å². The molecule has 0 aliphatic rings. The Bertz CT molecular complexity index is 530. The summed E-state index contributed by atoms with van der Waals surface area (Å²) in [5, 5.41) is 2.29. The summed E-state index contributed by atoms with van der Waals surface area (Å²) in [6, 6.07) is 0. The molecule has 0 bridgehead atoms. The van der Waals surface area contributed by atoms with E-state index >= 15 is 0 Å². The van der Waals surface area contributed by atoms with Gasteiger partial charge >= 0.3 is 6.18 Å². The molecule has 1 aromatic heterocycles. The van der Waals surface area contributed by atoms with Gasteiger partial charge in [0.1, 0.15) is 21.2 Å². The molecule has 18 heavy (non-hydrogen) atoms. The Hall–Kier alpha value is -1.58. The molecular formula is C8H11F3N4O2S. The van der Waals surface area contributed by atoms with Gasteiger partial charge in [0.2, 0.25) is 5.95 Å². The number of sulfone groups is 1. The van der Waals surface area contributed by atoms with Crippen molar-refractivity contribution in [3.63, 3.8) is 0 Å². The molecule has 0 unspecified atom stereocenters. The Kier molecular flexibility index (Phi) is 3.99. The molecule has 0 fully saturated rings. The SMILES string of the molecule is CS(=O)(=O)CCNc1nc(N)ncc1C(F)(F)F. The number of nitrogens with zero attached hydrogens (tertiary/aromatic N) is 2. The van der Waals surface area contributed by atoms with Gasteiger partial charge in [-0.2, -0.15) is 18.2 Å². The van der Waals surface area contributed by atoms with Gasteiger partial charge in [0, 0.05) is 19.0 Å².